The molecule has 0 bridgehead atoms. The molecule has 0 spiro atoms. The number of hydrogen-bond donors (Lipinski definition) is 1. The van der Waals surface area contributed by atoms with E-state index in [1.807, 2.05) is 0 Å². The molecule has 1 N–H and O–H groups in total. The molecule has 2 aromatic carbocycles. The zero-order valence-electron chi connectivity index (χ0n) is 22.6. The van der Waals surface area contributed by atoms with E-state index in [4.69, 9.17) is 37.4 Å². The molecule has 3 aromatic rings. The number of sulfonamides is 1. The summed E-state index contributed by atoms with van der Waals surface area (Å²) in [5, 5.41) is 12.5. The summed E-state index contributed by atoms with van der Waals surface area (Å²) in [5.74, 6) is -0.664. The van der Waals surface area contributed by atoms with Crippen LogP contribution in [-0.4, -0.2) is 34.7 Å². The van der Waals surface area contributed by atoms with E-state index in [9.17, 15) is 27.2 Å². The molecule has 1 atom stereocenters. The Morgan fingerprint density at radius 2 is 1.81 bits per heavy atom. The Kier molecular flexibility index (Phi) is 10.2. The van der Waals surface area contributed by atoms with Crippen LogP contribution in [0.25, 0.3) is 0 Å². The van der Waals surface area contributed by atoms with Crippen molar-refractivity contribution in [1.29, 1.82) is 0 Å². The summed E-state index contributed by atoms with van der Waals surface area (Å²) in [7, 11) is -2.63. The largest absolute Gasteiger partial charge is 0.619 e. The quantitative estimate of drug-likeness (QED) is 0.126. The van der Waals surface area contributed by atoms with E-state index in [1.165, 1.54) is 43.5 Å². The summed E-state index contributed by atoms with van der Waals surface area (Å²) in [5.41, 5.74) is 0.480. The van der Waals surface area contributed by atoms with Crippen LogP contribution < -0.4 is 23.7 Å². The molecule has 1 aliphatic rings. The second-order valence-electron chi connectivity index (χ2n) is 9.46. The number of halogens is 4. The van der Waals surface area contributed by atoms with Gasteiger partial charge < -0.3 is 24.2 Å². The van der Waals surface area contributed by atoms with Crippen LogP contribution in [0.4, 0.5) is 14.5 Å². The summed E-state index contributed by atoms with van der Waals surface area (Å²) in [6.07, 6.45) is 2.78. The average molecular weight is 659 g/mol. The number of nitrogens with one attached hydrogen (secondary N) is 1. The molecule has 0 amide bonds. The number of esters is 1. The molecule has 1 aromatic heterocycles. The third-order valence-electron chi connectivity index (χ3n) is 6.33. The van der Waals surface area contributed by atoms with Gasteiger partial charge in [0.05, 0.1) is 25.0 Å². The summed E-state index contributed by atoms with van der Waals surface area (Å²) < 4.78 is 74.4. The Morgan fingerprint density at radius 3 is 2.42 bits per heavy atom. The van der Waals surface area contributed by atoms with Gasteiger partial charge in [-0.1, -0.05) is 35.8 Å². The Hall–Kier alpha value is -3.81. The van der Waals surface area contributed by atoms with Crippen LogP contribution in [0.15, 0.2) is 60.8 Å². The lowest BCUT2D eigenvalue weighted by molar-refractivity contribution is -0.605. The SMILES string of the molecule is C=CS(=O)(=O)Nc1cc(C(=O)O[C@@H](Cc2c(Cl)c[n+]([O-])cc2Cl)c2ccc(OC(F)F)c(OCC3CC3)c2)ccc1OC. The fourth-order valence-corrected chi connectivity index (χ4v) is 5.12. The highest BCUT2D eigenvalue weighted by molar-refractivity contribution is 7.95. The molecule has 0 unspecified atom stereocenters. The molecule has 230 valence electrons. The van der Waals surface area contributed by atoms with Gasteiger partial charge in [0.1, 0.15) is 21.9 Å². The maximum atomic E-state index is 13.4. The minimum Gasteiger partial charge on any atom is -0.619 e. The van der Waals surface area contributed by atoms with Crippen molar-refractivity contribution >= 4 is 44.9 Å². The number of benzene rings is 2. The predicted molar refractivity (Wildman–Crippen MR) is 154 cm³/mol. The fraction of sp³-hybridized carbons (Fsp3) is 0.286. The summed E-state index contributed by atoms with van der Waals surface area (Å²) in [6, 6.07) is 8.02. The smallest absolute Gasteiger partial charge is 0.387 e. The Balaban J connectivity index is 1.72. The number of methoxy groups -OCH3 is 1. The maximum absolute atomic E-state index is 13.4. The number of carbonyl (C=O) groups excluding carboxylic acids is 1. The van der Waals surface area contributed by atoms with Gasteiger partial charge in [-0.2, -0.15) is 13.5 Å². The van der Waals surface area contributed by atoms with Gasteiger partial charge in [-0.15, -0.1) is 0 Å². The van der Waals surface area contributed by atoms with Gasteiger partial charge in [-0.05, 0) is 54.7 Å². The average Bonchev–Trinajstić information content (AvgIpc) is 3.78. The zero-order chi connectivity index (χ0) is 31.3. The van der Waals surface area contributed by atoms with E-state index in [0.29, 0.717) is 21.6 Å². The van der Waals surface area contributed by atoms with Crippen molar-refractivity contribution in [1.82, 2.24) is 0 Å². The lowest BCUT2D eigenvalue weighted by atomic mass is 10.0. The van der Waals surface area contributed by atoms with Gasteiger partial charge >= 0.3 is 12.6 Å². The molecule has 1 saturated carbocycles. The molecule has 1 heterocycles. The van der Waals surface area contributed by atoms with Gasteiger partial charge in [0, 0.05) is 17.4 Å². The molecule has 43 heavy (non-hydrogen) atoms. The Morgan fingerprint density at radius 1 is 1.14 bits per heavy atom. The van der Waals surface area contributed by atoms with E-state index in [-0.39, 0.29) is 57.1 Å². The molecular formula is C28H26Cl2F2N2O8S. The van der Waals surface area contributed by atoms with Gasteiger partial charge in [-0.3, -0.25) is 4.72 Å². The number of hydrogen-bond acceptors (Lipinski definition) is 8. The number of ether oxygens (including phenoxy) is 4. The summed E-state index contributed by atoms with van der Waals surface area (Å²) in [4.78, 5) is 13.4. The second kappa shape index (κ2) is 13.7. The van der Waals surface area contributed by atoms with Gasteiger partial charge in [-0.25, -0.2) is 13.2 Å². The van der Waals surface area contributed by atoms with E-state index in [0.717, 1.165) is 25.2 Å². The number of nitrogens with zero attached hydrogens (tertiary/aromatic N) is 1. The van der Waals surface area contributed by atoms with Crippen molar-refractivity contribution < 1.29 is 45.7 Å². The highest BCUT2D eigenvalue weighted by atomic mass is 35.5. The van der Waals surface area contributed by atoms with E-state index >= 15 is 0 Å². The van der Waals surface area contributed by atoms with Crippen LogP contribution in [0.3, 0.4) is 0 Å². The molecule has 0 saturated heterocycles. The van der Waals surface area contributed by atoms with Crippen LogP contribution in [0, 0.1) is 11.1 Å². The first-order valence-electron chi connectivity index (χ1n) is 12.7. The number of pyridine rings is 1. The highest BCUT2D eigenvalue weighted by Crippen LogP contribution is 2.38. The van der Waals surface area contributed by atoms with E-state index < -0.39 is 28.7 Å². The highest BCUT2D eigenvalue weighted by Gasteiger charge is 2.27. The van der Waals surface area contributed by atoms with Crippen molar-refractivity contribution in [2.75, 3.05) is 18.4 Å². The summed E-state index contributed by atoms with van der Waals surface area (Å²) >= 11 is 12.6. The first kappa shape index (κ1) is 32.1. The van der Waals surface area contributed by atoms with Crippen LogP contribution in [0.5, 0.6) is 17.2 Å². The number of rotatable bonds is 14. The van der Waals surface area contributed by atoms with Crippen LogP contribution in [0.1, 0.15) is 40.4 Å². The number of aromatic nitrogens is 1. The minimum absolute atomic E-state index is 0.00280. The predicted octanol–water partition coefficient (Wildman–Crippen LogP) is 6.05. The molecule has 1 aliphatic carbocycles. The standard InChI is InChI=1S/C28H26Cl2F2N2O8S/c1-3-43(37,38)33-22-10-18(7-8-23(22)39-2)27(35)41-25(12-19-20(29)13-34(36)14-21(19)30)17-6-9-24(42-28(31)32)26(11-17)40-15-16-4-5-16/h3,6-11,13-14,16,25,28,33H,1,4-5,12,15H2,2H3/t25-/m0/s1. The van der Waals surface area contributed by atoms with Crippen molar-refractivity contribution in [3.05, 3.63) is 92.7 Å². The first-order valence-corrected chi connectivity index (χ1v) is 15.0. The lowest BCUT2D eigenvalue weighted by Crippen LogP contribution is -2.25. The normalized spacial score (nSPS) is 13.7. The van der Waals surface area contributed by atoms with Crippen molar-refractivity contribution in [3.63, 3.8) is 0 Å². The molecule has 4 rings (SSSR count). The molecular weight excluding hydrogens is 633 g/mol. The molecule has 1 fully saturated rings. The molecule has 0 radical (unpaired) electrons. The molecule has 10 nitrogen and oxygen atoms in total. The molecule has 0 aliphatic heterocycles. The van der Waals surface area contributed by atoms with Crippen LogP contribution >= 0.6 is 23.2 Å². The Bertz CT molecular complexity index is 1600. The zero-order valence-corrected chi connectivity index (χ0v) is 24.9. The fourth-order valence-electron chi connectivity index (χ4n) is 3.97. The van der Waals surface area contributed by atoms with E-state index in [1.54, 1.807) is 0 Å². The van der Waals surface area contributed by atoms with Crippen LogP contribution in [0.2, 0.25) is 10.0 Å². The number of carbonyl (C=O) groups is 1. The van der Waals surface area contributed by atoms with Crippen molar-refractivity contribution in [2.45, 2.75) is 32.0 Å². The second-order valence-corrected chi connectivity index (χ2v) is 11.9. The first-order chi connectivity index (χ1) is 20.4. The number of alkyl halides is 2. The van der Waals surface area contributed by atoms with Crippen molar-refractivity contribution in [2.24, 2.45) is 5.92 Å². The number of anilines is 1. The molecule has 15 heteroatoms. The van der Waals surface area contributed by atoms with E-state index in [2.05, 4.69) is 16.0 Å². The Labute approximate surface area is 256 Å². The van der Waals surface area contributed by atoms with Gasteiger partial charge in [0.25, 0.3) is 10.0 Å². The summed E-state index contributed by atoms with van der Waals surface area (Å²) in [6.45, 7) is 0.418. The maximum Gasteiger partial charge on any atom is 0.387 e. The third kappa shape index (κ3) is 8.62. The monoisotopic (exact) mass is 658 g/mol. The minimum atomic E-state index is -3.95. The van der Waals surface area contributed by atoms with Gasteiger partial charge in [0.2, 0.25) is 0 Å². The lowest BCUT2D eigenvalue weighted by Gasteiger charge is -2.22. The van der Waals surface area contributed by atoms with Crippen molar-refractivity contribution in [3.8, 4) is 17.2 Å². The topological polar surface area (TPSA) is 127 Å². The van der Waals surface area contributed by atoms with Crippen LogP contribution in [-0.2, 0) is 21.2 Å². The third-order valence-corrected chi connectivity index (χ3v) is 7.93. The van der Waals surface area contributed by atoms with Gasteiger partial charge in [0.15, 0.2) is 23.9 Å².